The van der Waals surface area contributed by atoms with Crippen LogP contribution in [-0.2, 0) is 10.8 Å². The number of aromatic nitrogens is 3. The second-order valence-electron chi connectivity index (χ2n) is 21.7. The van der Waals surface area contributed by atoms with Gasteiger partial charge in [-0.2, -0.15) is 0 Å². The third-order valence-corrected chi connectivity index (χ3v) is 15.2. The van der Waals surface area contributed by atoms with Gasteiger partial charge in [0.25, 0.3) is 0 Å². The molecule has 346 valence electrons. The topological polar surface area (TPSA) is 27.9 Å². The van der Waals surface area contributed by atoms with Crippen LogP contribution in [0.1, 0.15) is 52.7 Å². The van der Waals surface area contributed by atoms with Crippen LogP contribution in [0.25, 0.3) is 127 Å². The average Bonchev–Trinajstić information content (AvgIpc) is 4.14. The van der Waals surface area contributed by atoms with Gasteiger partial charge >= 0.3 is 0 Å². The molecule has 0 saturated carbocycles. The van der Waals surface area contributed by atoms with Gasteiger partial charge in [0.15, 0.2) is 0 Å². The third kappa shape index (κ3) is 6.18. The SMILES string of the molecule is CC(C)(C)c1cc(-c2ccccc2)cc2c1oc1c(C(C)(C)C)cc(-n3c4ccccc4c4cc(-n5c6ccccc6c6ccccc65)cc(-n5c6ccccc6c6ccccc65)c43)c(-c3ccccc3)c12. The molecule has 0 N–H and O–H groups in total. The molecule has 14 aromatic rings. The first-order valence-corrected chi connectivity index (χ1v) is 25.3. The van der Waals surface area contributed by atoms with Crippen LogP contribution < -0.4 is 0 Å². The number of fused-ring (bicyclic) bond motifs is 12. The Kier molecular flexibility index (Phi) is 9.07. The maximum absolute atomic E-state index is 7.46. The van der Waals surface area contributed by atoms with Crippen LogP contribution in [0.15, 0.2) is 217 Å². The molecule has 72 heavy (non-hydrogen) atoms. The summed E-state index contributed by atoms with van der Waals surface area (Å²) in [6.45, 7) is 13.9. The lowest BCUT2D eigenvalue weighted by Crippen LogP contribution is -2.13. The Morgan fingerprint density at radius 3 is 1.26 bits per heavy atom. The highest BCUT2D eigenvalue weighted by Crippen LogP contribution is 2.51. The molecular weight excluding hydrogens is 875 g/mol. The van der Waals surface area contributed by atoms with E-state index in [9.17, 15) is 0 Å². The molecule has 0 aliphatic carbocycles. The van der Waals surface area contributed by atoms with E-state index < -0.39 is 0 Å². The van der Waals surface area contributed by atoms with Crippen molar-refractivity contribution in [2.45, 2.75) is 52.4 Å². The summed E-state index contributed by atoms with van der Waals surface area (Å²) in [4.78, 5) is 0. The van der Waals surface area contributed by atoms with Crippen molar-refractivity contribution in [1.82, 2.24) is 13.7 Å². The van der Waals surface area contributed by atoms with E-state index in [1.54, 1.807) is 0 Å². The van der Waals surface area contributed by atoms with Crippen molar-refractivity contribution in [2.75, 3.05) is 0 Å². The smallest absolute Gasteiger partial charge is 0.139 e. The molecule has 0 unspecified atom stereocenters. The second kappa shape index (κ2) is 15.4. The van der Waals surface area contributed by atoms with Crippen LogP contribution in [0.4, 0.5) is 0 Å². The van der Waals surface area contributed by atoms with Gasteiger partial charge in [-0.3, -0.25) is 0 Å². The molecule has 0 aliphatic rings. The fourth-order valence-corrected chi connectivity index (χ4v) is 12.0. The predicted molar refractivity (Wildman–Crippen MR) is 305 cm³/mol. The summed E-state index contributed by atoms with van der Waals surface area (Å²) in [5.74, 6) is 0. The Morgan fingerprint density at radius 2 is 0.750 bits per heavy atom. The first-order chi connectivity index (χ1) is 35.0. The quantitative estimate of drug-likeness (QED) is 0.169. The minimum atomic E-state index is -0.293. The van der Waals surface area contributed by atoms with E-state index in [-0.39, 0.29) is 10.8 Å². The molecule has 0 radical (unpaired) electrons. The molecule has 0 bridgehead atoms. The highest BCUT2D eigenvalue weighted by Gasteiger charge is 2.32. The molecular formula is C68H53N3O. The summed E-state index contributed by atoms with van der Waals surface area (Å²) in [6.07, 6.45) is 0. The van der Waals surface area contributed by atoms with Gasteiger partial charge in [0.2, 0.25) is 0 Å². The maximum Gasteiger partial charge on any atom is 0.139 e. The molecule has 0 aliphatic heterocycles. The van der Waals surface area contributed by atoms with Crippen LogP contribution in [0.5, 0.6) is 0 Å². The standard InChI is InChI=1S/C68H53N3O/c1-67(2,3)53-38-44(42-23-9-7-10-24-42)37-52-63-62(43-25-11-8-12-26-43)60(41-54(68(4,5)6)66(63)72-65(52)53)71-59-36-22-17-31-50(59)51-39-45(69-55-32-18-13-27-46(55)47-28-14-19-33-56(47)69)40-61(64(51)71)70-57-34-20-15-29-48(57)49-30-16-21-35-58(49)70/h7-41H,1-6H3. The fourth-order valence-electron chi connectivity index (χ4n) is 12.0. The Labute approximate surface area is 418 Å². The Hall–Kier alpha value is -8.60. The minimum absolute atomic E-state index is 0.202. The monoisotopic (exact) mass is 927 g/mol. The van der Waals surface area contributed by atoms with Crippen molar-refractivity contribution in [2.24, 2.45) is 0 Å². The maximum atomic E-state index is 7.46. The van der Waals surface area contributed by atoms with E-state index in [0.29, 0.717) is 0 Å². The lowest BCUT2D eigenvalue weighted by molar-refractivity contribution is 0.557. The van der Waals surface area contributed by atoms with Crippen LogP contribution >= 0.6 is 0 Å². The van der Waals surface area contributed by atoms with Gasteiger partial charge in [0, 0.05) is 65.5 Å². The van der Waals surface area contributed by atoms with Gasteiger partial charge in [0.1, 0.15) is 11.2 Å². The Balaban J connectivity index is 1.22. The molecule has 0 saturated heterocycles. The van der Waals surface area contributed by atoms with E-state index in [2.05, 4.69) is 268 Å². The summed E-state index contributed by atoms with van der Waals surface area (Å²) in [6, 6.07) is 78.5. The summed E-state index contributed by atoms with van der Waals surface area (Å²) in [5, 5.41) is 9.54. The Bertz CT molecular complexity index is 4400. The zero-order chi connectivity index (χ0) is 48.6. The van der Waals surface area contributed by atoms with E-state index in [1.165, 1.54) is 60.0 Å². The van der Waals surface area contributed by atoms with E-state index in [4.69, 9.17) is 4.42 Å². The zero-order valence-electron chi connectivity index (χ0n) is 41.5. The van der Waals surface area contributed by atoms with Crippen LogP contribution in [0.3, 0.4) is 0 Å². The van der Waals surface area contributed by atoms with Crippen molar-refractivity contribution in [1.29, 1.82) is 0 Å². The summed E-state index contributed by atoms with van der Waals surface area (Å²) < 4.78 is 15.1. The van der Waals surface area contributed by atoms with E-state index in [1.807, 2.05) is 0 Å². The molecule has 0 spiro atoms. The molecule has 4 heterocycles. The van der Waals surface area contributed by atoms with E-state index in [0.717, 1.165) is 77.8 Å². The molecule has 0 amide bonds. The van der Waals surface area contributed by atoms with Crippen molar-refractivity contribution >= 4 is 87.4 Å². The molecule has 4 aromatic heterocycles. The second-order valence-corrected chi connectivity index (χ2v) is 21.7. The zero-order valence-corrected chi connectivity index (χ0v) is 41.5. The lowest BCUT2D eigenvalue weighted by atomic mass is 9.81. The number of rotatable bonds is 5. The number of furan rings is 1. The minimum Gasteiger partial charge on any atom is -0.455 e. The highest BCUT2D eigenvalue weighted by atomic mass is 16.3. The molecule has 4 heteroatoms. The number of benzene rings is 10. The molecule has 0 atom stereocenters. The first-order valence-electron chi connectivity index (χ1n) is 25.3. The van der Waals surface area contributed by atoms with Crippen LogP contribution in [0, 0.1) is 0 Å². The van der Waals surface area contributed by atoms with Crippen LogP contribution in [0.2, 0.25) is 0 Å². The predicted octanol–water partition coefficient (Wildman–Crippen LogP) is 18.8. The van der Waals surface area contributed by atoms with Crippen molar-refractivity contribution in [3.63, 3.8) is 0 Å². The van der Waals surface area contributed by atoms with Gasteiger partial charge in [-0.25, -0.2) is 0 Å². The molecule has 10 aromatic carbocycles. The van der Waals surface area contributed by atoms with Gasteiger partial charge in [-0.05, 0) is 88.2 Å². The fraction of sp³-hybridized carbons (Fsp3) is 0.118. The Morgan fingerprint density at radius 1 is 0.319 bits per heavy atom. The van der Waals surface area contributed by atoms with Gasteiger partial charge in [0.05, 0.1) is 44.5 Å². The summed E-state index contributed by atoms with van der Waals surface area (Å²) in [5.41, 5.74) is 18.7. The van der Waals surface area contributed by atoms with Gasteiger partial charge < -0.3 is 18.1 Å². The van der Waals surface area contributed by atoms with Gasteiger partial charge in [-0.15, -0.1) is 0 Å². The number of hydrogen-bond donors (Lipinski definition) is 0. The van der Waals surface area contributed by atoms with Crippen molar-refractivity contribution in [3.05, 3.63) is 223 Å². The number of para-hydroxylation sites is 5. The van der Waals surface area contributed by atoms with Crippen LogP contribution in [-0.4, -0.2) is 13.7 Å². The normalized spacial score (nSPS) is 12.6. The summed E-state index contributed by atoms with van der Waals surface area (Å²) in [7, 11) is 0. The van der Waals surface area contributed by atoms with E-state index >= 15 is 0 Å². The highest BCUT2D eigenvalue weighted by molar-refractivity contribution is 6.21. The van der Waals surface area contributed by atoms with Crippen molar-refractivity contribution in [3.8, 4) is 39.3 Å². The molecule has 4 nitrogen and oxygen atoms in total. The first kappa shape index (κ1) is 42.3. The lowest BCUT2D eigenvalue weighted by Gasteiger charge is -2.24. The average molecular weight is 928 g/mol. The van der Waals surface area contributed by atoms with Gasteiger partial charge in [-0.1, -0.05) is 193 Å². The molecule has 14 rings (SSSR count). The largest absolute Gasteiger partial charge is 0.455 e. The number of hydrogen-bond acceptors (Lipinski definition) is 1. The number of nitrogens with zero attached hydrogens (tertiary/aromatic N) is 3. The molecule has 0 fully saturated rings. The summed E-state index contributed by atoms with van der Waals surface area (Å²) >= 11 is 0. The third-order valence-electron chi connectivity index (χ3n) is 15.2. The van der Waals surface area contributed by atoms with Crippen molar-refractivity contribution < 1.29 is 4.42 Å².